The largest absolute Gasteiger partial charge is 0.481 e. The van der Waals surface area contributed by atoms with E-state index in [0.717, 1.165) is 30.0 Å². The number of hydrogen-bond acceptors (Lipinski definition) is 4. The number of carbonyl (C=O) groups excluding carboxylic acids is 1. The second kappa shape index (κ2) is 5.56. The minimum Gasteiger partial charge on any atom is -0.481 e. The minimum absolute atomic E-state index is 0.0171. The van der Waals surface area contributed by atoms with Gasteiger partial charge in [0, 0.05) is 11.1 Å². The highest BCUT2D eigenvalue weighted by atomic mass is 32.1. The average Bonchev–Trinajstić information content (AvgIpc) is 2.69. The molecule has 1 aromatic heterocycles. The molecule has 1 aliphatic rings. The van der Waals surface area contributed by atoms with E-state index in [0.29, 0.717) is 6.54 Å². The number of carboxylic acids is 1. The molecule has 0 unspecified atom stereocenters. The summed E-state index contributed by atoms with van der Waals surface area (Å²) in [5, 5.41) is 17.1. The zero-order valence-corrected chi connectivity index (χ0v) is 11.5. The van der Waals surface area contributed by atoms with Crippen LogP contribution in [0.4, 0.5) is 4.79 Å². The number of aromatic nitrogens is 1. The van der Waals surface area contributed by atoms with Crippen LogP contribution in [0.1, 0.15) is 36.4 Å². The SMILES string of the molecule is Cc1csc(CNC(=O)NC2(CC(=O)O)CCC2)n1. The van der Waals surface area contributed by atoms with Gasteiger partial charge in [-0.3, -0.25) is 4.79 Å². The molecule has 1 aromatic rings. The Hall–Kier alpha value is -1.63. The van der Waals surface area contributed by atoms with Crippen molar-refractivity contribution in [1.29, 1.82) is 0 Å². The maximum atomic E-state index is 11.8. The number of nitrogens with zero attached hydrogens (tertiary/aromatic N) is 1. The zero-order chi connectivity index (χ0) is 13.9. The number of carboxylic acid groups (broad SMARTS) is 1. The van der Waals surface area contributed by atoms with Crippen LogP contribution in [0, 0.1) is 6.92 Å². The summed E-state index contributed by atoms with van der Waals surface area (Å²) in [5.74, 6) is -0.879. The van der Waals surface area contributed by atoms with Gasteiger partial charge in [0.1, 0.15) is 5.01 Å². The number of urea groups is 1. The highest BCUT2D eigenvalue weighted by Gasteiger charge is 2.40. The number of rotatable bonds is 5. The zero-order valence-electron chi connectivity index (χ0n) is 10.7. The quantitative estimate of drug-likeness (QED) is 0.766. The fourth-order valence-corrected chi connectivity index (χ4v) is 2.88. The molecule has 1 saturated carbocycles. The van der Waals surface area contributed by atoms with Crippen molar-refractivity contribution in [3.05, 3.63) is 16.1 Å². The van der Waals surface area contributed by atoms with E-state index in [1.54, 1.807) is 0 Å². The van der Waals surface area contributed by atoms with Crippen molar-refractivity contribution >= 4 is 23.3 Å². The molecule has 0 aliphatic heterocycles. The number of amides is 2. The lowest BCUT2D eigenvalue weighted by Gasteiger charge is -2.41. The molecule has 2 amide bonds. The molecule has 0 aromatic carbocycles. The Morgan fingerprint density at radius 1 is 1.53 bits per heavy atom. The summed E-state index contributed by atoms with van der Waals surface area (Å²) in [5.41, 5.74) is 0.373. The van der Waals surface area contributed by atoms with Gasteiger partial charge in [0.05, 0.1) is 18.5 Å². The van der Waals surface area contributed by atoms with Gasteiger partial charge in [0.2, 0.25) is 0 Å². The Kier molecular flexibility index (Phi) is 4.04. The lowest BCUT2D eigenvalue weighted by atomic mass is 9.74. The predicted octanol–water partition coefficient (Wildman–Crippen LogP) is 1.65. The molecule has 2 rings (SSSR count). The molecule has 1 aliphatic carbocycles. The normalized spacial score (nSPS) is 16.5. The summed E-state index contributed by atoms with van der Waals surface area (Å²) in [6.45, 7) is 2.27. The van der Waals surface area contributed by atoms with Gasteiger partial charge in [-0.15, -0.1) is 11.3 Å². The molecule has 0 bridgehead atoms. The first-order valence-corrected chi connectivity index (χ1v) is 7.06. The van der Waals surface area contributed by atoms with Crippen molar-refractivity contribution < 1.29 is 14.7 Å². The van der Waals surface area contributed by atoms with E-state index in [-0.39, 0.29) is 12.5 Å². The highest BCUT2D eigenvalue weighted by molar-refractivity contribution is 7.09. The van der Waals surface area contributed by atoms with Crippen LogP contribution in [-0.4, -0.2) is 27.6 Å². The van der Waals surface area contributed by atoms with Crippen LogP contribution in [0.5, 0.6) is 0 Å². The summed E-state index contributed by atoms with van der Waals surface area (Å²) < 4.78 is 0. The number of nitrogens with one attached hydrogen (secondary N) is 2. The van der Waals surface area contributed by atoms with Crippen LogP contribution >= 0.6 is 11.3 Å². The van der Waals surface area contributed by atoms with Crippen LogP contribution < -0.4 is 10.6 Å². The Labute approximate surface area is 115 Å². The lowest BCUT2D eigenvalue weighted by Crippen LogP contribution is -2.57. The summed E-state index contributed by atoms with van der Waals surface area (Å²) >= 11 is 1.49. The molecule has 104 valence electrons. The fourth-order valence-electron chi connectivity index (χ4n) is 2.16. The maximum absolute atomic E-state index is 11.8. The summed E-state index contributed by atoms with van der Waals surface area (Å²) in [6, 6.07) is -0.325. The monoisotopic (exact) mass is 283 g/mol. The molecule has 19 heavy (non-hydrogen) atoms. The summed E-state index contributed by atoms with van der Waals surface area (Å²) in [4.78, 5) is 26.8. The van der Waals surface area contributed by atoms with Crippen molar-refractivity contribution in [1.82, 2.24) is 15.6 Å². The van der Waals surface area contributed by atoms with Gasteiger partial charge in [0.15, 0.2) is 0 Å². The van der Waals surface area contributed by atoms with Gasteiger partial charge in [-0.1, -0.05) is 0 Å². The van der Waals surface area contributed by atoms with Gasteiger partial charge >= 0.3 is 12.0 Å². The van der Waals surface area contributed by atoms with Gasteiger partial charge in [-0.2, -0.15) is 0 Å². The smallest absolute Gasteiger partial charge is 0.315 e. The van der Waals surface area contributed by atoms with Gasteiger partial charge < -0.3 is 15.7 Å². The molecule has 7 heteroatoms. The van der Waals surface area contributed by atoms with Crippen molar-refractivity contribution in [2.45, 2.75) is 44.7 Å². The molecular formula is C12H17N3O3S. The van der Waals surface area contributed by atoms with Crippen LogP contribution in [-0.2, 0) is 11.3 Å². The van der Waals surface area contributed by atoms with Gasteiger partial charge in [0.25, 0.3) is 0 Å². The summed E-state index contributed by atoms with van der Waals surface area (Å²) in [7, 11) is 0. The van der Waals surface area contributed by atoms with Crippen molar-refractivity contribution in [2.24, 2.45) is 0 Å². The molecule has 1 fully saturated rings. The Morgan fingerprint density at radius 3 is 2.74 bits per heavy atom. The third-order valence-corrected chi connectivity index (χ3v) is 4.21. The second-order valence-electron chi connectivity index (χ2n) is 4.89. The Bertz CT molecular complexity index is 482. The topological polar surface area (TPSA) is 91.3 Å². The van der Waals surface area contributed by atoms with E-state index in [1.165, 1.54) is 11.3 Å². The second-order valence-corrected chi connectivity index (χ2v) is 5.84. The number of thiazole rings is 1. The summed E-state index contributed by atoms with van der Waals surface area (Å²) in [6.07, 6.45) is 2.39. The Morgan fingerprint density at radius 2 is 2.26 bits per heavy atom. The minimum atomic E-state index is -0.879. The molecule has 3 N–H and O–H groups in total. The van der Waals surface area contributed by atoms with E-state index in [4.69, 9.17) is 5.11 Å². The van der Waals surface area contributed by atoms with Gasteiger partial charge in [-0.25, -0.2) is 9.78 Å². The Balaban J connectivity index is 1.81. The van der Waals surface area contributed by atoms with Crippen LogP contribution in [0.2, 0.25) is 0 Å². The van der Waals surface area contributed by atoms with Gasteiger partial charge in [-0.05, 0) is 26.2 Å². The van der Waals surface area contributed by atoms with Crippen LogP contribution in [0.15, 0.2) is 5.38 Å². The standard InChI is InChI=1S/C12H17N3O3S/c1-8-7-19-9(14-8)6-13-11(18)15-12(3-2-4-12)5-10(16)17/h7H,2-6H2,1H3,(H,16,17)(H2,13,15,18). The van der Waals surface area contributed by atoms with Crippen LogP contribution in [0.25, 0.3) is 0 Å². The molecule has 1 heterocycles. The average molecular weight is 283 g/mol. The molecular weight excluding hydrogens is 266 g/mol. The first-order valence-electron chi connectivity index (χ1n) is 6.18. The van der Waals surface area contributed by atoms with Crippen molar-refractivity contribution in [2.75, 3.05) is 0 Å². The first-order chi connectivity index (χ1) is 8.99. The first kappa shape index (κ1) is 13.8. The van der Waals surface area contributed by atoms with E-state index in [1.807, 2.05) is 12.3 Å². The third kappa shape index (κ3) is 3.66. The van der Waals surface area contributed by atoms with E-state index < -0.39 is 11.5 Å². The van der Waals surface area contributed by atoms with Crippen LogP contribution in [0.3, 0.4) is 0 Å². The molecule has 0 spiro atoms. The third-order valence-electron chi connectivity index (χ3n) is 3.25. The fraction of sp³-hybridized carbons (Fsp3) is 0.583. The van der Waals surface area contributed by atoms with E-state index >= 15 is 0 Å². The molecule has 0 saturated heterocycles. The van der Waals surface area contributed by atoms with Crippen molar-refractivity contribution in [3.8, 4) is 0 Å². The number of hydrogen-bond donors (Lipinski definition) is 3. The highest BCUT2D eigenvalue weighted by Crippen LogP contribution is 2.34. The molecule has 6 nitrogen and oxygen atoms in total. The number of aliphatic carboxylic acids is 1. The lowest BCUT2D eigenvalue weighted by molar-refractivity contribution is -0.139. The van der Waals surface area contributed by atoms with Crippen molar-refractivity contribution in [3.63, 3.8) is 0 Å². The van der Waals surface area contributed by atoms with E-state index in [9.17, 15) is 9.59 Å². The maximum Gasteiger partial charge on any atom is 0.315 e. The molecule has 0 radical (unpaired) electrons. The predicted molar refractivity (Wildman–Crippen MR) is 71.1 cm³/mol. The van der Waals surface area contributed by atoms with E-state index in [2.05, 4.69) is 15.6 Å². The molecule has 0 atom stereocenters. The number of carbonyl (C=O) groups is 2. The number of aryl methyl sites for hydroxylation is 1.